The average molecular weight is 288 g/mol. The Morgan fingerprint density at radius 3 is 3.07 bits per heavy atom. The van der Waals surface area contributed by atoms with Crippen molar-refractivity contribution in [3.8, 4) is 0 Å². The first-order valence-corrected chi connectivity index (χ1v) is 6.48. The normalized spacial score (nSPS) is 13.8. The van der Waals surface area contributed by atoms with Gasteiger partial charge in [0, 0.05) is 10.8 Å². The Morgan fingerprint density at radius 1 is 1.73 bits per heavy atom. The summed E-state index contributed by atoms with van der Waals surface area (Å²) in [5, 5.41) is 14.1. The number of nitrogens with zero attached hydrogens (tertiary/aromatic N) is 1. The molecule has 1 aromatic rings. The lowest BCUT2D eigenvalue weighted by Crippen LogP contribution is -2.05. The van der Waals surface area contributed by atoms with Crippen LogP contribution in [0.2, 0.25) is 0 Å². The van der Waals surface area contributed by atoms with Crippen molar-refractivity contribution in [2.75, 3.05) is 0 Å². The maximum absolute atomic E-state index is 8.79. The summed E-state index contributed by atoms with van der Waals surface area (Å²) < 4.78 is 0.606. The van der Waals surface area contributed by atoms with Crippen molar-refractivity contribution in [2.45, 2.75) is 25.2 Å². The summed E-state index contributed by atoms with van der Waals surface area (Å²) >= 11 is 4.98. The predicted octanol–water partition coefficient (Wildman–Crippen LogP) is 4.37. The van der Waals surface area contributed by atoms with Crippen LogP contribution in [0.3, 0.4) is 0 Å². The largest absolute Gasteiger partial charge is 0.410 e. The molecule has 82 valence electrons. The van der Waals surface area contributed by atoms with E-state index in [9.17, 15) is 0 Å². The van der Waals surface area contributed by atoms with E-state index in [0.717, 1.165) is 19.3 Å². The van der Waals surface area contributed by atoms with Crippen LogP contribution in [0.25, 0.3) is 0 Å². The molecule has 1 N–H and O–H groups in total. The highest BCUT2D eigenvalue weighted by molar-refractivity contribution is 9.18. The molecule has 0 aliphatic rings. The van der Waals surface area contributed by atoms with Crippen LogP contribution in [-0.4, -0.2) is 9.83 Å². The number of unbranched alkanes of at least 4 members (excludes halogenated alkanes) is 1. The molecular weight excluding hydrogens is 274 g/mol. The SMILES string of the molecule is C=CCCCC(C(Br)=NO)c1cccs1. The average Bonchev–Trinajstić information content (AvgIpc) is 2.77. The maximum Gasteiger partial charge on any atom is 0.130 e. The van der Waals surface area contributed by atoms with Gasteiger partial charge < -0.3 is 5.21 Å². The fourth-order valence-electron chi connectivity index (χ4n) is 1.40. The first-order valence-electron chi connectivity index (χ1n) is 4.81. The monoisotopic (exact) mass is 287 g/mol. The van der Waals surface area contributed by atoms with Crippen molar-refractivity contribution in [2.24, 2.45) is 5.16 Å². The summed E-state index contributed by atoms with van der Waals surface area (Å²) in [5.41, 5.74) is 0. The summed E-state index contributed by atoms with van der Waals surface area (Å²) in [6.45, 7) is 3.70. The molecule has 0 fully saturated rings. The van der Waals surface area contributed by atoms with Crippen LogP contribution < -0.4 is 0 Å². The van der Waals surface area contributed by atoms with Crippen molar-refractivity contribution in [3.05, 3.63) is 35.0 Å². The molecule has 1 rings (SSSR count). The summed E-state index contributed by atoms with van der Waals surface area (Å²) in [4.78, 5) is 1.23. The van der Waals surface area contributed by atoms with Gasteiger partial charge in [0.25, 0.3) is 0 Å². The van der Waals surface area contributed by atoms with E-state index in [2.05, 4.69) is 33.7 Å². The lowest BCUT2D eigenvalue weighted by molar-refractivity contribution is 0.318. The van der Waals surface area contributed by atoms with Gasteiger partial charge in [-0.05, 0) is 46.6 Å². The van der Waals surface area contributed by atoms with Gasteiger partial charge in [-0.2, -0.15) is 0 Å². The van der Waals surface area contributed by atoms with Gasteiger partial charge in [0.05, 0.1) is 0 Å². The topological polar surface area (TPSA) is 32.6 Å². The number of hydrogen-bond acceptors (Lipinski definition) is 3. The third kappa shape index (κ3) is 3.80. The van der Waals surface area contributed by atoms with Gasteiger partial charge in [0.1, 0.15) is 4.62 Å². The standard InChI is InChI=1S/C11H14BrNOS/c1-2-3-4-6-9(11(12)13-14)10-7-5-8-15-10/h2,5,7-9,14H,1,3-4,6H2. The van der Waals surface area contributed by atoms with Crippen LogP contribution in [0.4, 0.5) is 0 Å². The van der Waals surface area contributed by atoms with Gasteiger partial charge in [0.15, 0.2) is 0 Å². The lowest BCUT2D eigenvalue weighted by atomic mass is 10.0. The predicted molar refractivity (Wildman–Crippen MR) is 69.3 cm³/mol. The Bertz CT molecular complexity index is 321. The third-order valence-corrected chi connectivity index (χ3v) is 3.87. The molecule has 15 heavy (non-hydrogen) atoms. The highest BCUT2D eigenvalue weighted by Crippen LogP contribution is 2.29. The third-order valence-electron chi connectivity index (χ3n) is 2.17. The van der Waals surface area contributed by atoms with Crippen LogP contribution in [0, 0.1) is 0 Å². The highest BCUT2D eigenvalue weighted by atomic mass is 79.9. The van der Waals surface area contributed by atoms with Crippen molar-refractivity contribution in [3.63, 3.8) is 0 Å². The van der Waals surface area contributed by atoms with Gasteiger partial charge in [-0.15, -0.1) is 17.9 Å². The Kier molecular flexibility index (Phi) is 5.65. The number of hydrogen-bond donors (Lipinski definition) is 1. The van der Waals surface area contributed by atoms with Gasteiger partial charge in [-0.1, -0.05) is 17.3 Å². The zero-order valence-electron chi connectivity index (χ0n) is 8.40. The maximum atomic E-state index is 8.79. The fourth-order valence-corrected chi connectivity index (χ4v) is 2.90. The molecule has 0 amide bonds. The summed E-state index contributed by atoms with van der Waals surface area (Å²) in [7, 11) is 0. The number of thiophene rings is 1. The van der Waals surface area contributed by atoms with E-state index in [0.29, 0.717) is 4.62 Å². The van der Waals surface area contributed by atoms with Crippen molar-refractivity contribution >= 4 is 31.9 Å². The molecule has 0 aliphatic carbocycles. The molecule has 1 atom stereocenters. The zero-order chi connectivity index (χ0) is 11.1. The Morgan fingerprint density at radius 2 is 2.53 bits per heavy atom. The van der Waals surface area contributed by atoms with Crippen LogP contribution in [0.5, 0.6) is 0 Å². The van der Waals surface area contributed by atoms with E-state index in [1.807, 2.05) is 17.5 Å². The molecule has 4 heteroatoms. The van der Waals surface area contributed by atoms with E-state index in [4.69, 9.17) is 5.21 Å². The van der Waals surface area contributed by atoms with Gasteiger partial charge in [-0.25, -0.2) is 0 Å². The smallest absolute Gasteiger partial charge is 0.130 e. The second-order valence-electron chi connectivity index (χ2n) is 3.21. The van der Waals surface area contributed by atoms with E-state index in [-0.39, 0.29) is 5.92 Å². The molecule has 0 radical (unpaired) electrons. The molecule has 0 aliphatic heterocycles. The van der Waals surface area contributed by atoms with E-state index < -0.39 is 0 Å². The molecule has 0 aromatic carbocycles. The van der Waals surface area contributed by atoms with Crippen molar-refractivity contribution in [1.29, 1.82) is 0 Å². The van der Waals surface area contributed by atoms with Crippen molar-refractivity contribution < 1.29 is 5.21 Å². The molecule has 2 nitrogen and oxygen atoms in total. The number of oxime groups is 1. The van der Waals surface area contributed by atoms with Crippen molar-refractivity contribution in [1.82, 2.24) is 0 Å². The number of allylic oxidation sites excluding steroid dienone is 1. The molecule has 0 saturated heterocycles. The molecular formula is C11H14BrNOS. The zero-order valence-corrected chi connectivity index (χ0v) is 10.8. The Labute approximate surface area is 102 Å². The van der Waals surface area contributed by atoms with Gasteiger partial charge >= 0.3 is 0 Å². The number of rotatable bonds is 6. The molecule has 0 bridgehead atoms. The molecule has 1 unspecified atom stereocenters. The van der Waals surface area contributed by atoms with Crippen LogP contribution >= 0.6 is 27.3 Å². The van der Waals surface area contributed by atoms with Gasteiger partial charge in [0.2, 0.25) is 0 Å². The minimum atomic E-state index is 0.176. The highest BCUT2D eigenvalue weighted by Gasteiger charge is 2.17. The minimum Gasteiger partial charge on any atom is -0.410 e. The van der Waals surface area contributed by atoms with Crippen LogP contribution in [-0.2, 0) is 0 Å². The second-order valence-corrected chi connectivity index (χ2v) is 5.00. The first-order chi connectivity index (χ1) is 7.29. The first kappa shape index (κ1) is 12.5. The molecule has 1 aromatic heterocycles. The van der Waals surface area contributed by atoms with Crippen LogP contribution in [0.15, 0.2) is 35.3 Å². The van der Waals surface area contributed by atoms with E-state index in [1.165, 1.54) is 4.88 Å². The summed E-state index contributed by atoms with van der Waals surface area (Å²) in [5.74, 6) is 0.176. The quantitative estimate of drug-likeness (QED) is 0.272. The van der Waals surface area contributed by atoms with Crippen LogP contribution in [0.1, 0.15) is 30.1 Å². The fraction of sp³-hybridized carbons (Fsp3) is 0.364. The molecule has 0 saturated carbocycles. The molecule has 0 spiro atoms. The minimum absolute atomic E-state index is 0.176. The Balaban J connectivity index is 2.66. The second kappa shape index (κ2) is 6.80. The molecule has 1 heterocycles. The lowest BCUT2D eigenvalue weighted by Gasteiger charge is -2.11. The van der Waals surface area contributed by atoms with E-state index >= 15 is 0 Å². The summed E-state index contributed by atoms with van der Waals surface area (Å²) in [6, 6.07) is 4.08. The van der Waals surface area contributed by atoms with E-state index in [1.54, 1.807) is 11.3 Å². The Hall–Kier alpha value is -0.610. The summed E-state index contributed by atoms with van der Waals surface area (Å²) in [6.07, 6.45) is 4.93. The van der Waals surface area contributed by atoms with Gasteiger partial charge in [-0.3, -0.25) is 0 Å². The number of halogens is 1.